The normalized spacial score (nSPS) is 15.7. The van der Waals surface area contributed by atoms with E-state index in [0.717, 1.165) is 36.3 Å². The number of thioether (sulfide) groups is 1. The highest BCUT2D eigenvalue weighted by atomic mass is 32.2. The topological polar surface area (TPSA) is 97.2 Å². The number of anilines is 1. The number of hydrogen-bond donors (Lipinski definition) is 1. The predicted octanol–water partition coefficient (Wildman–Crippen LogP) is 4.18. The lowest BCUT2D eigenvalue weighted by molar-refractivity contribution is -0.115. The van der Waals surface area contributed by atoms with Crippen LogP contribution in [-0.4, -0.2) is 51.7 Å². The summed E-state index contributed by atoms with van der Waals surface area (Å²) in [6.07, 6.45) is 2.79. The summed E-state index contributed by atoms with van der Waals surface area (Å²) in [5.41, 5.74) is 2.53. The van der Waals surface area contributed by atoms with E-state index in [0.29, 0.717) is 23.9 Å². The summed E-state index contributed by atoms with van der Waals surface area (Å²) < 4.78 is 29.4. The highest BCUT2D eigenvalue weighted by Crippen LogP contribution is 2.27. The molecule has 34 heavy (non-hydrogen) atoms. The number of amides is 1. The molecule has 2 heterocycles. The summed E-state index contributed by atoms with van der Waals surface area (Å²) >= 11 is 1.30. The Morgan fingerprint density at radius 1 is 1.03 bits per heavy atom. The predicted molar refractivity (Wildman–Crippen MR) is 134 cm³/mol. The number of rotatable bonds is 7. The molecule has 1 aliphatic heterocycles. The summed E-state index contributed by atoms with van der Waals surface area (Å²) in [5.74, 6) is 0.489. The number of carbonyl (C=O) groups is 1. The van der Waals surface area contributed by atoms with Crippen molar-refractivity contribution in [2.75, 3.05) is 18.4 Å². The van der Waals surface area contributed by atoms with Gasteiger partial charge < -0.3 is 5.32 Å². The van der Waals surface area contributed by atoms with Gasteiger partial charge in [-0.3, -0.25) is 9.36 Å². The molecule has 1 aromatic heterocycles. The molecule has 3 aromatic rings. The maximum Gasteiger partial charge on any atom is 0.243 e. The average Bonchev–Trinajstić information content (AvgIpc) is 3.20. The molecule has 1 unspecified atom stereocenters. The molecule has 0 bridgehead atoms. The van der Waals surface area contributed by atoms with Gasteiger partial charge in [-0.2, -0.15) is 4.31 Å². The van der Waals surface area contributed by atoms with Crippen molar-refractivity contribution in [1.82, 2.24) is 19.1 Å². The molecule has 1 atom stereocenters. The minimum Gasteiger partial charge on any atom is -0.325 e. The van der Waals surface area contributed by atoms with Crippen molar-refractivity contribution in [2.45, 2.75) is 55.3 Å². The maximum absolute atomic E-state index is 13.0. The van der Waals surface area contributed by atoms with Crippen molar-refractivity contribution in [2.24, 2.45) is 0 Å². The van der Waals surface area contributed by atoms with Gasteiger partial charge in [0.25, 0.3) is 0 Å². The van der Waals surface area contributed by atoms with Gasteiger partial charge in [0, 0.05) is 24.5 Å². The molecule has 1 amide bonds. The van der Waals surface area contributed by atoms with E-state index in [1.54, 1.807) is 25.1 Å². The van der Waals surface area contributed by atoms with Crippen molar-refractivity contribution in [3.05, 3.63) is 59.9 Å². The lowest BCUT2D eigenvalue weighted by atomic mass is 10.2. The zero-order valence-corrected chi connectivity index (χ0v) is 21.2. The Hall–Kier alpha value is -2.69. The van der Waals surface area contributed by atoms with Crippen LogP contribution in [0.4, 0.5) is 5.69 Å². The van der Waals surface area contributed by atoms with Gasteiger partial charge in [0.15, 0.2) is 5.16 Å². The first-order chi connectivity index (χ1) is 16.3. The molecule has 4 rings (SSSR count). The Kier molecular flexibility index (Phi) is 7.39. The third kappa shape index (κ3) is 5.34. The number of carbonyl (C=O) groups excluding carboxylic acids is 1. The van der Waals surface area contributed by atoms with Crippen LogP contribution in [0.25, 0.3) is 5.69 Å². The smallest absolute Gasteiger partial charge is 0.243 e. The molecule has 1 saturated heterocycles. The summed E-state index contributed by atoms with van der Waals surface area (Å²) in [6, 6.07) is 14.5. The lowest BCUT2D eigenvalue weighted by Crippen LogP contribution is -2.35. The van der Waals surface area contributed by atoms with Crippen LogP contribution in [-0.2, 0) is 14.8 Å². The largest absolute Gasteiger partial charge is 0.325 e. The number of aromatic nitrogens is 3. The van der Waals surface area contributed by atoms with Crippen LogP contribution in [0.15, 0.2) is 58.6 Å². The monoisotopic (exact) mass is 499 g/mol. The first kappa shape index (κ1) is 24.4. The average molecular weight is 500 g/mol. The van der Waals surface area contributed by atoms with Gasteiger partial charge in [-0.25, -0.2) is 8.42 Å². The van der Waals surface area contributed by atoms with E-state index in [4.69, 9.17) is 0 Å². The number of benzene rings is 2. The second-order valence-corrected chi connectivity index (χ2v) is 11.7. The van der Waals surface area contributed by atoms with Crippen LogP contribution < -0.4 is 5.32 Å². The SMILES string of the molecule is Cc1ccc(-n2c(C)nnc2SC(C)C(=O)Nc2cccc(S(=O)(=O)N3CCCCC3)c2)cc1. The molecule has 0 aliphatic carbocycles. The van der Waals surface area contributed by atoms with Crippen molar-refractivity contribution in [3.63, 3.8) is 0 Å². The van der Waals surface area contributed by atoms with Crippen LogP contribution in [0.3, 0.4) is 0 Å². The minimum atomic E-state index is -3.57. The summed E-state index contributed by atoms with van der Waals surface area (Å²) in [7, 11) is -3.57. The summed E-state index contributed by atoms with van der Waals surface area (Å²) in [5, 5.41) is 11.4. The zero-order chi connectivity index (χ0) is 24.3. The number of sulfonamides is 1. The van der Waals surface area contributed by atoms with Crippen molar-refractivity contribution < 1.29 is 13.2 Å². The molecule has 8 nitrogen and oxygen atoms in total. The van der Waals surface area contributed by atoms with E-state index in [2.05, 4.69) is 15.5 Å². The standard InChI is InChI=1S/C24H29N5O3S2/c1-17-10-12-21(13-11-17)29-19(3)26-27-24(29)33-18(2)23(30)25-20-8-7-9-22(16-20)34(31,32)28-14-5-4-6-15-28/h7-13,16,18H,4-6,14-15H2,1-3H3,(H,25,30). The van der Waals surface area contributed by atoms with Gasteiger partial charge in [0.1, 0.15) is 5.82 Å². The third-order valence-corrected chi connectivity index (χ3v) is 8.73. The van der Waals surface area contributed by atoms with Crippen LogP contribution in [0.1, 0.15) is 37.6 Å². The molecule has 0 radical (unpaired) electrons. The molecular weight excluding hydrogens is 470 g/mol. The van der Waals surface area contributed by atoms with Crippen LogP contribution in [0.2, 0.25) is 0 Å². The fraction of sp³-hybridized carbons (Fsp3) is 0.375. The number of aryl methyl sites for hydroxylation is 2. The number of nitrogens with zero attached hydrogens (tertiary/aromatic N) is 4. The van der Waals surface area contributed by atoms with Crippen LogP contribution in [0, 0.1) is 13.8 Å². The van der Waals surface area contributed by atoms with Gasteiger partial charge in [0.2, 0.25) is 15.9 Å². The zero-order valence-electron chi connectivity index (χ0n) is 19.6. The molecule has 180 valence electrons. The fourth-order valence-electron chi connectivity index (χ4n) is 3.85. The first-order valence-electron chi connectivity index (χ1n) is 11.3. The van der Waals surface area contributed by atoms with E-state index in [1.807, 2.05) is 42.7 Å². The lowest BCUT2D eigenvalue weighted by Gasteiger charge is -2.26. The van der Waals surface area contributed by atoms with Gasteiger partial charge >= 0.3 is 0 Å². The van der Waals surface area contributed by atoms with Crippen LogP contribution in [0.5, 0.6) is 0 Å². The Morgan fingerprint density at radius 2 is 1.74 bits per heavy atom. The Labute approximate surface area is 204 Å². The summed E-state index contributed by atoms with van der Waals surface area (Å²) in [4.78, 5) is 13.1. The number of piperidine rings is 1. The molecule has 1 N–H and O–H groups in total. The van der Waals surface area contributed by atoms with Crippen molar-refractivity contribution in [1.29, 1.82) is 0 Å². The Balaban J connectivity index is 1.47. The first-order valence-corrected chi connectivity index (χ1v) is 13.6. The number of hydrogen-bond acceptors (Lipinski definition) is 6. The van der Waals surface area contributed by atoms with Crippen molar-refractivity contribution in [3.8, 4) is 5.69 Å². The molecule has 0 spiro atoms. The molecule has 2 aromatic carbocycles. The van der Waals surface area contributed by atoms with Gasteiger partial charge in [-0.05, 0) is 63.9 Å². The molecular formula is C24H29N5O3S2. The maximum atomic E-state index is 13.0. The molecule has 10 heteroatoms. The van der Waals surface area contributed by atoms with E-state index in [1.165, 1.54) is 22.1 Å². The fourth-order valence-corrected chi connectivity index (χ4v) is 6.33. The number of nitrogens with one attached hydrogen (secondary N) is 1. The van der Waals surface area contributed by atoms with E-state index in [-0.39, 0.29) is 10.8 Å². The van der Waals surface area contributed by atoms with Gasteiger partial charge in [-0.1, -0.05) is 41.9 Å². The van der Waals surface area contributed by atoms with Gasteiger partial charge in [-0.15, -0.1) is 10.2 Å². The van der Waals surface area contributed by atoms with Crippen LogP contribution >= 0.6 is 11.8 Å². The van der Waals surface area contributed by atoms with Crippen molar-refractivity contribution >= 4 is 33.4 Å². The Morgan fingerprint density at radius 3 is 2.44 bits per heavy atom. The van der Waals surface area contributed by atoms with E-state index < -0.39 is 15.3 Å². The summed E-state index contributed by atoms with van der Waals surface area (Å²) in [6.45, 7) is 6.76. The second kappa shape index (κ2) is 10.3. The molecule has 1 fully saturated rings. The molecule has 1 aliphatic rings. The highest BCUT2D eigenvalue weighted by Gasteiger charge is 2.26. The van der Waals surface area contributed by atoms with E-state index >= 15 is 0 Å². The highest BCUT2D eigenvalue weighted by molar-refractivity contribution is 8.00. The quantitative estimate of drug-likeness (QED) is 0.490. The van der Waals surface area contributed by atoms with E-state index in [9.17, 15) is 13.2 Å². The third-order valence-electron chi connectivity index (χ3n) is 5.79. The second-order valence-electron chi connectivity index (χ2n) is 8.44. The Bertz CT molecular complexity index is 1270. The van der Waals surface area contributed by atoms with Gasteiger partial charge in [0.05, 0.1) is 10.1 Å². The molecule has 0 saturated carbocycles. The minimum absolute atomic E-state index is 0.197.